The number of halogens is 1. The summed E-state index contributed by atoms with van der Waals surface area (Å²) in [5.74, 6) is 2.73. The van der Waals surface area contributed by atoms with Gasteiger partial charge in [-0.15, -0.1) is 33.3 Å². The molecule has 3 rings (SSSR count). The second-order valence-electron chi connectivity index (χ2n) is 5.89. The highest BCUT2D eigenvalue weighted by atomic mass is 35.5. The van der Waals surface area contributed by atoms with E-state index >= 15 is 0 Å². The van der Waals surface area contributed by atoms with E-state index in [9.17, 15) is 4.79 Å². The van der Waals surface area contributed by atoms with E-state index in [0.29, 0.717) is 5.13 Å². The van der Waals surface area contributed by atoms with Crippen LogP contribution in [-0.2, 0) is 22.8 Å². The Morgan fingerprint density at radius 3 is 2.71 bits per heavy atom. The smallest absolute Gasteiger partial charge is 0.236 e. The molecule has 1 aromatic carbocycles. The van der Waals surface area contributed by atoms with Gasteiger partial charge in [0.05, 0.1) is 17.2 Å². The van der Waals surface area contributed by atoms with Crippen LogP contribution in [0.15, 0.2) is 34.8 Å². The number of thiazole rings is 1. The van der Waals surface area contributed by atoms with Gasteiger partial charge in [0.1, 0.15) is 5.82 Å². The molecular formula is C18H20ClN5OS3. The van der Waals surface area contributed by atoms with Crippen LogP contribution in [0.1, 0.15) is 24.0 Å². The average molecular weight is 454 g/mol. The van der Waals surface area contributed by atoms with Crippen molar-refractivity contribution in [3.05, 3.63) is 51.7 Å². The van der Waals surface area contributed by atoms with E-state index in [0.717, 1.165) is 39.7 Å². The maximum atomic E-state index is 12.1. The van der Waals surface area contributed by atoms with Crippen LogP contribution in [0.3, 0.4) is 0 Å². The molecule has 0 saturated heterocycles. The van der Waals surface area contributed by atoms with Crippen molar-refractivity contribution in [2.45, 2.75) is 37.1 Å². The number of carbonyl (C=O) groups excluding carboxylic acids is 1. The van der Waals surface area contributed by atoms with E-state index in [4.69, 9.17) is 11.6 Å². The molecule has 148 valence electrons. The third-order valence-electron chi connectivity index (χ3n) is 3.72. The molecule has 28 heavy (non-hydrogen) atoms. The first-order valence-corrected chi connectivity index (χ1v) is 12.0. The molecule has 1 N–H and O–H groups in total. The third-order valence-corrected chi connectivity index (χ3v) is 6.81. The summed E-state index contributed by atoms with van der Waals surface area (Å²) in [5.41, 5.74) is 2.13. The van der Waals surface area contributed by atoms with Crippen LogP contribution in [-0.4, -0.2) is 31.4 Å². The van der Waals surface area contributed by atoms with Gasteiger partial charge < -0.3 is 9.88 Å². The van der Waals surface area contributed by atoms with Crippen LogP contribution in [0.4, 0.5) is 5.13 Å². The number of nitrogens with zero attached hydrogens (tertiary/aromatic N) is 4. The number of thioether (sulfide) groups is 2. The molecule has 0 spiro atoms. The first-order valence-electron chi connectivity index (χ1n) is 8.64. The van der Waals surface area contributed by atoms with Gasteiger partial charge in [0.2, 0.25) is 5.91 Å². The average Bonchev–Trinajstić information content (AvgIpc) is 3.27. The normalized spacial score (nSPS) is 11.0. The van der Waals surface area contributed by atoms with Crippen molar-refractivity contribution in [1.82, 2.24) is 19.7 Å². The van der Waals surface area contributed by atoms with Crippen LogP contribution in [0.25, 0.3) is 0 Å². The number of aryl methyl sites for hydroxylation is 1. The zero-order valence-corrected chi connectivity index (χ0v) is 18.7. The predicted octanol–water partition coefficient (Wildman–Crippen LogP) is 4.88. The molecule has 0 aliphatic rings. The number of rotatable bonds is 9. The Morgan fingerprint density at radius 2 is 2.04 bits per heavy atom. The SMILES string of the molecule is CCn1c(CSCc2ccc(Cl)cc2)nnc1SCC(=O)Nc1nc(C)cs1. The third kappa shape index (κ3) is 5.97. The molecule has 2 aromatic heterocycles. The Bertz CT molecular complexity index is 926. The van der Waals surface area contributed by atoms with Gasteiger partial charge in [0.15, 0.2) is 10.3 Å². The molecule has 0 unspecified atom stereocenters. The van der Waals surface area contributed by atoms with Crippen molar-refractivity contribution in [3.63, 3.8) is 0 Å². The van der Waals surface area contributed by atoms with Gasteiger partial charge in [-0.2, -0.15) is 0 Å². The van der Waals surface area contributed by atoms with E-state index in [-0.39, 0.29) is 11.7 Å². The number of hydrogen-bond donors (Lipinski definition) is 1. The molecule has 0 atom stereocenters. The molecule has 0 radical (unpaired) electrons. The minimum absolute atomic E-state index is 0.0938. The molecule has 2 heterocycles. The topological polar surface area (TPSA) is 72.7 Å². The summed E-state index contributed by atoms with van der Waals surface area (Å²) in [4.78, 5) is 16.4. The van der Waals surface area contributed by atoms with Crippen molar-refractivity contribution in [3.8, 4) is 0 Å². The van der Waals surface area contributed by atoms with Gasteiger partial charge in [0.25, 0.3) is 0 Å². The van der Waals surface area contributed by atoms with Gasteiger partial charge >= 0.3 is 0 Å². The standard InChI is InChI=1S/C18H20ClN5OS3/c1-3-24-15(10-26-9-13-4-6-14(19)7-5-13)22-23-18(24)28-11-16(25)21-17-20-12(2)8-27-17/h4-8H,3,9-11H2,1-2H3,(H,20,21,25). The monoisotopic (exact) mass is 453 g/mol. The quantitative estimate of drug-likeness (QED) is 0.465. The fourth-order valence-corrected chi connectivity index (χ4v) is 4.97. The van der Waals surface area contributed by atoms with E-state index in [2.05, 4.69) is 32.0 Å². The maximum absolute atomic E-state index is 12.1. The minimum Gasteiger partial charge on any atom is -0.306 e. The number of anilines is 1. The van der Waals surface area contributed by atoms with E-state index in [1.807, 2.05) is 36.6 Å². The number of carbonyl (C=O) groups is 1. The van der Waals surface area contributed by atoms with Gasteiger partial charge in [-0.1, -0.05) is 35.5 Å². The first kappa shape index (κ1) is 21.2. The molecule has 0 bridgehead atoms. The molecule has 0 saturated carbocycles. The summed E-state index contributed by atoms with van der Waals surface area (Å²) >= 11 is 10.5. The lowest BCUT2D eigenvalue weighted by molar-refractivity contribution is -0.113. The lowest BCUT2D eigenvalue weighted by atomic mass is 10.2. The number of nitrogens with one attached hydrogen (secondary N) is 1. The second kappa shape index (κ2) is 10.3. The molecule has 0 aliphatic heterocycles. The Hall–Kier alpha value is -1.55. The van der Waals surface area contributed by atoms with Crippen molar-refractivity contribution in [2.24, 2.45) is 0 Å². The van der Waals surface area contributed by atoms with Crippen molar-refractivity contribution in [2.75, 3.05) is 11.1 Å². The van der Waals surface area contributed by atoms with Crippen LogP contribution in [0, 0.1) is 6.92 Å². The largest absolute Gasteiger partial charge is 0.306 e. The molecule has 0 aliphatic carbocycles. The van der Waals surface area contributed by atoms with E-state index < -0.39 is 0 Å². The lowest BCUT2D eigenvalue weighted by Gasteiger charge is -2.07. The molecule has 3 aromatic rings. The van der Waals surface area contributed by atoms with Crippen molar-refractivity contribution in [1.29, 1.82) is 0 Å². The Morgan fingerprint density at radius 1 is 1.25 bits per heavy atom. The molecule has 10 heteroatoms. The highest BCUT2D eigenvalue weighted by Crippen LogP contribution is 2.23. The Balaban J connectivity index is 1.51. The van der Waals surface area contributed by atoms with Crippen LogP contribution < -0.4 is 5.32 Å². The Kier molecular flexibility index (Phi) is 7.78. The minimum atomic E-state index is -0.0938. The predicted molar refractivity (Wildman–Crippen MR) is 118 cm³/mol. The van der Waals surface area contributed by atoms with Crippen LogP contribution in [0.5, 0.6) is 0 Å². The second-order valence-corrected chi connectivity index (χ2v) is 9.12. The van der Waals surface area contributed by atoms with Gasteiger partial charge in [-0.05, 0) is 31.5 Å². The van der Waals surface area contributed by atoms with Crippen LogP contribution in [0.2, 0.25) is 5.02 Å². The number of amides is 1. The van der Waals surface area contributed by atoms with Crippen molar-refractivity contribution < 1.29 is 4.79 Å². The summed E-state index contributed by atoms with van der Waals surface area (Å²) in [5, 5.41) is 15.4. The molecule has 0 fully saturated rings. The van der Waals surface area contributed by atoms with Gasteiger partial charge in [0, 0.05) is 22.7 Å². The lowest BCUT2D eigenvalue weighted by Crippen LogP contribution is -2.14. The summed E-state index contributed by atoms with van der Waals surface area (Å²) < 4.78 is 2.06. The summed E-state index contributed by atoms with van der Waals surface area (Å²) in [7, 11) is 0. The zero-order chi connectivity index (χ0) is 19.9. The summed E-state index contributed by atoms with van der Waals surface area (Å²) in [6.07, 6.45) is 0. The summed E-state index contributed by atoms with van der Waals surface area (Å²) in [6.45, 7) is 4.72. The van der Waals surface area contributed by atoms with Gasteiger partial charge in [-0.25, -0.2) is 4.98 Å². The van der Waals surface area contributed by atoms with E-state index in [1.54, 1.807) is 11.8 Å². The zero-order valence-electron chi connectivity index (χ0n) is 15.5. The van der Waals surface area contributed by atoms with E-state index in [1.165, 1.54) is 28.7 Å². The summed E-state index contributed by atoms with van der Waals surface area (Å²) in [6, 6.07) is 7.87. The first-order chi connectivity index (χ1) is 13.5. The number of aromatic nitrogens is 4. The highest BCUT2D eigenvalue weighted by Gasteiger charge is 2.14. The number of hydrogen-bond acceptors (Lipinski definition) is 7. The fraction of sp³-hybridized carbons (Fsp3) is 0.333. The Labute approximate surface area is 181 Å². The number of benzene rings is 1. The molecule has 6 nitrogen and oxygen atoms in total. The highest BCUT2D eigenvalue weighted by molar-refractivity contribution is 7.99. The molecular weight excluding hydrogens is 434 g/mol. The van der Waals surface area contributed by atoms with Gasteiger partial charge in [-0.3, -0.25) is 4.79 Å². The van der Waals surface area contributed by atoms with Crippen LogP contribution >= 0.6 is 46.5 Å². The maximum Gasteiger partial charge on any atom is 0.236 e. The molecule has 1 amide bonds. The fourth-order valence-electron chi connectivity index (χ4n) is 2.39. The van der Waals surface area contributed by atoms with Crippen molar-refractivity contribution >= 4 is 57.5 Å².